The molecule has 6 nitrogen and oxygen atoms in total. The Kier molecular flexibility index (Phi) is 6.03. The molecule has 2 N–H and O–H groups in total. The Morgan fingerprint density at radius 2 is 2.22 bits per heavy atom. The van der Waals surface area contributed by atoms with Crippen LogP contribution in [0.15, 0.2) is 42.6 Å². The third kappa shape index (κ3) is 4.61. The number of pyridine rings is 1. The minimum atomic E-state index is -1.50. The molecule has 1 aliphatic rings. The number of piperidine rings is 1. The molecule has 1 saturated heterocycles. The van der Waals surface area contributed by atoms with Crippen LogP contribution in [0.1, 0.15) is 24.1 Å². The van der Waals surface area contributed by atoms with Crippen molar-refractivity contribution in [3.8, 4) is 5.75 Å². The average molecular weight is 373 g/mol. The van der Waals surface area contributed by atoms with E-state index >= 15 is 0 Å². The first-order valence-electron chi connectivity index (χ1n) is 8.96. The van der Waals surface area contributed by atoms with Gasteiger partial charge in [-0.05, 0) is 43.2 Å². The molecule has 1 aromatic carbocycles. The molecular formula is C20H24FN3O3. The summed E-state index contributed by atoms with van der Waals surface area (Å²) in [4.78, 5) is 18.5. The van der Waals surface area contributed by atoms with Crippen molar-refractivity contribution in [3.05, 3.63) is 59.7 Å². The van der Waals surface area contributed by atoms with Crippen molar-refractivity contribution in [2.75, 3.05) is 20.2 Å². The van der Waals surface area contributed by atoms with E-state index in [1.54, 1.807) is 12.3 Å². The molecular weight excluding hydrogens is 349 g/mol. The molecule has 1 unspecified atom stereocenters. The molecule has 0 saturated carbocycles. The second-order valence-corrected chi connectivity index (χ2v) is 6.74. The quantitative estimate of drug-likeness (QED) is 0.775. The van der Waals surface area contributed by atoms with Crippen LogP contribution in [-0.4, -0.2) is 46.7 Å². The van der Waals surface area contributed by atoms with Crippen LogP contribution in [0.5, 0.6) is 5.75 Å². The molecule has 7 heteroatoms. The highest BCUT2D eigenvalue weighted by atomic mass is 19.1. The van der Waals surface area contributed by atoms with Crippen LogP contribution < -0.4 is 10.1 Å². The molecule has 1 fully saturated rings. The summed E-state index contributed by atoms with van der Waals surface area (Å²) in [6.07, 6.45) is 2.72. The standard InChI is InChI=1S/C20H24FN3O3/c1-27-17-6-7-18(21)15(11-17)13-24-10-4-8-20(26,19(24)25)14-22-12-16-5-2-3-9-23-16/h2-3,5-7,9,11,22,26H,4,8,10,12-14H2,1H3. The van der Waals surface area contributed by atoms with E-state index in [9.17, 15) is 14.3 Å². The lowest BCUT2D eigenvalue weighted by Crippen LogP contribution is -2.57. The van der Waals surface area contributed by atoms with Crippen molar-refractivity contribution in [2.24, 2.45) is 0 Å². The van der Waals surface area contributed by atoms with Gasteiger partial charge in [-0.3, -0.25) is 9.78 Å². The molecule has 3 rings (SSSR count). The number of aliphatic hydroxyl groups is 1. The third-order valence-corrected chi connectivity index (χ3v) is 4.77. The van der Waals surface area contributed by atoms with E-state index in [2.05, 4.69) is 10.3 Å². The van der Waals surface area contributed by atoms with Gasteiger partial charge >= 0.3 is 0 Å². The number of rotatable bonds is 7. The van der Waals surface area contributed by atoms with Gasteiger partial charge in [0.25, 0.3) is 5.91 Å². The summed E-state index contributed by atoms with van der Waals surface area (Å²) < 4.78 is 19.2. The van der Waals surface area contributed by atoms with Crippen LogP contribution in [0, 0.1) is 5.82 Å². The second kappa shape index (κ2) is 8.45. The van der Waals surface area contributed by atoms with Gasteiger partial charge in [0.15, 0.2) is 5.60 Å². The molecule has 2 heterocycles. The number of benzene rings is 1. The number of nitrogens with zero attached hydrogens (tertiary/aromatic N) is 2. The number of methoxy groups -OCH3 is 1. The summed E-state index contributed by atoms with van der Waals surface area (Å²) in [5, 5.41) is 13.9. The van der Waals surface area contributed by atoms with Crippen molar-refractivity contribution in [3.63, 3.8) is 0 Å². The normalized spacial score (nSPS) is 20.0. The topological polar surface area (TPSA) is 74.7 Å². The van der Waals surface area contributed by atoms with Gasteiger partial charge in [-0.2, -0.15) is 0 Å². The first-order valence-corrected chi connectivity index (χ1v) is 8.96. The summed E-state index contributed by atoms with van der Waals surface area (Å²) in [7, 11) is 1.51. The fourth-order valence-corrected chi connectivity index (χ4v) is 3.28. The number of hydrogen-bond donors (Lipinski definition) is 2. The summed E-state index contributed by atoms with van der Waals surface area (Å²) in [5.74, 6) is -0.251. The van der Waals surface area contributed by atoms with Gasteiger partial charge in [0.05, 0.1) is 12.8 Å². The number of carbonyl (C=O) groups is 1. The molecule has 1 aliphatic heterocycles. The summed E-state index contributed by atoms with van der Waals surface area (Å²) in [5.41, 5.74) is -0.296. The van der Waals surface area contributed by atoms with Gasteiger partial charge in [0, 0.05) is 37.9 Å². The smallest absolute Gasteiger partial charge is 0.256 e. The molecule has 0 spiro atoms. The first kappa shape index (κ1) is 19.3. The monoisotopic (exact) mass is 373 g/mol. The first-order chi connectivity index (χ1) is 13.0. The van der Waals surface area contributed by atoms with Gasteiger partial charge in [-0.15, -0.1) is 0 Å². The highest BCUT2D eigenvalue weighted by Crippen LogP contribution is 2.25. The zero-order chi connectivity index (χ0) is 19.3. The Balaban J connectivity index is 1.64. The van der Waals surface area contributed by atoms with E-state index in [-0.39, 0.29) is 19.0 Å². The van der Waals surface area contributed by atoms with E-state index in [1.807, 2.05) is 18.2 Å². The number of ether oxygens (including phenoxy) is 1. The van der Waals surface area contributed by atoms with Gasteiger partial charge in [-0.1, -0.05) is 6.07 Å². The number of carbonyl (C=O) groups excluding carboxylic acids is 1. The molecule has 0 aliphatic carbocycles. The molecule has 1 amide bonds. The van der Waals surface area contributed by atoms with Crippen molar-refractivity contribution in [2.45, 2.75) is 31.5 Å². The molecule has 1 atom stereocenters. The predicted octanol–water partition coefficient (Wildman–Crippen LogP) is 1.87. The van der Waals surface area contributed by atoms with Crippen molar-refractivity contribution < 1.29 is 19.0 Å². The predicted molar refractivity (Wildman–Crippen MR) is 98.5 cm³/mol. The molecule has 144 valence electrons. The van der Waals surface area contributed by atoms with Crippen LogP contribution >= 0.6 is 0 Å². The van der Waals surface area contributed by atoms with Gasteiger partial charge < -0.3 is 20.1 Å². The fourth-order valence-electron chi connectivity index (χ4n) is 3.28. The number of likely N-dealkylation sites (tertiary alicyclic amines) is 1. The van der Waals surface area contributed by atoms with Crippen LogP contribution in [0.3, 0.4) is 0 Å². The summed E-state index contributed by atoms with van der Waals surface area (Å²) >= 11 is 0. The van der Waals surface area contributed by atoms with E-state index < -0.39 is 11.4 Å². The van der Waals surface area contributed by atoms with E-state index in [1.165, 1.54) is 24.1 Å². The number of aromatic nitrogens is 1. The Morgan fingerprint density at radius 3 is 2.96 bits per heavy atom. The maximum atomic E-state index is 14.1. The second-order valence-electron chi connectivity index (χ2n) is 6.74. The molecule has 2 aromatic rings. The van der Waals surface area contributed by atoms with Gasteiger partial charge in [0.1, 0.15) is 11.6 Å². The lowest BCUT2D eigenvalue weighted by atomic mass is 9.91. The molecule has 0 radical (unpaired) electrons. The average Bonchev–Trinajstić information content (AvgIpc) is 2.68. The van der Waals surface area contributed by atoms with E-state index in [0.29, 0.717) is 37.2 Å². The lowest BCUT2D eigenvalue weighted by molar-refractivity contribution is -0.157. The Labute approximate surface area is 158 Å². The molecule has 27 heavy (non-hydrogen) atoms. The number of amides is 1. The minimum Gasteiger partial charge on any atom is -0.497 e. The Morgan fingerprint density at radius 1 is 1.37 bits per heavy atom. The van der Waals surface area contributed by atoms with Crippen molar-refractivity contribution >= 4 is 5.91 Å². The summed E-state index contributed by atoms with van der Waals surface area (Å²) in [6, 6.07) is 10.0. The molecule has 1 aromatic heterocycles. The maximum absolute atomic E-state index is 14.1. The SMILES string of the molecule is COc1ccc(F)c(CN2CCCC(O)(CNCc3ccccn3)C2=O)c1. The van der Waals surface area contributed by atoms with E-state index in [0.717, 1.165) is 5.69 Å². The lowest BCUT2D eigenvalue weighted by Gasteiger charge is -2.38. The minimum absolute atomic E-state index is 0.102. The van der Waals surface area contributed by atoms with Crippen molar-refractivity contribution in [1.82, 2.24) is 15.2 Å². The van der Waals surface area contributed by atoms with Crippen LogP contribution in [-0.2, 0) is 17.9 Å². The molecule has 0 bridgehead atoms. The number of halogens is 1. The zero-order valence-electron chi connectivity index (χ0n) is 15.3. The highest BCUT2D eigenvalue weighted by molar-refractivity contribution is 5.86. The summed E-state index contributed by atoms with van der Waals surface area (Å²) in [6.45, 7) is 1.17. The highest BCUT2D eigenvalue weighted by Gasteiger charge is 2.41. The fraction of sp³-hybridized carbons (Fsp3) is 0.400. The van der Waals surface area contributed by atoms with E-state index in [4.69, 9.17) is 4.74 Å². The Hall–Kier alpha value is -2.51. The van der Waals surface area contributed by atoms with Crippen LogP contribution in [0.2, 0.25) is 0 Å². The largest absolute Gasteiger partial charge is 0.497 e. The number of hydrogen-bond acceptors (Lipinski definition) is 5. The maximum Gasteiger partial charge on any atom is 0.256 e. The Bertz CT molecular complexity index is 787. The third-order valence-electron chi connectivity index (χ3n) is 4.77. The van der Waals surface area contributed by atoms with Crippen LogP contribution in [0.25, 0.3) is 0 Å². The van der Waals surface area contributed by atoms with Gasteiger partial charge in [-0.25, -0.2) is 4.39 Å². The number of nitrogens with one attached hydrogen (secondary N) is 1. The van der Waals surface area contributed by atoms with Crippen molar-refractivity contribution in [1.29, 1.82) is 0 Å². The zero-order valence-corrected chi connectivity index (χ0v) is 15.3. The van der Waals surface area contributed by atoms with Gasteiger partial charge in [0.2, 0.25) is 0 Å². The van der Waals surface area contributed by atoms with Crippen LogP contribution in [0.4, 0.5) is 4.39 Å².